The number of amidine groups is 1. The molecule has 2 N–H and O–H groups in total. The second-order valence-electron chi connectivity index (χ2n) is 6.97. The molecule has 0 aromatic heterocycles. The molecule has 0 radical (unpaired) electrons. The number of phenols is 2. The zero-order chi connectivity index (χ0) is 21.3. The van der Waals surface area contributed by atoms with Gasteiger partial charge < -0.3 is 10.2 Å². The molecule has 4 rings (SSSR count). The Balaban J connectivity index is 1.82. The number of carbonyl (C=O) groups is 1. The van der Waals surface area contributed by atoms with Crippen molar-refractivity contribution >= 4 is 40.3 Å². The van der Waals surface area contributed by atoms with Crippen LogP contribution >= 0.6 is 11.8 Å². The standard InChI is InChI=1S/C24H20N2O3S/c1-15-7-3-5-9-18(15)25-24-26(19-10-6-4-8-16(19)2)23(29)22(30-24)14-17-11-12-20(27)21(28)13-17/h3-14,27-28H,1-2H3/b22-14-,25-24?. The molecule has 1 aliphatic rings. The Bertz CT molecular complexity index is 1200. The Hall–Kier alpha value is -3.51. The second-order valence-corrected chi connectivity index (χ2v) is 7.98. The molecule has 3 aromatic carbocycles. The van der Waals surface area contributed by atoms with Crippen LogP contribution in [0.3, 0.4) is 0 Å². The van der Waals surface area contributed by atoms with Crippen molar-refractivity contribution in [1.29, 1.82) is 0 Å². The Morgan fingerprint density at radius 2 is 1.60 bits per heavy atom. The van der Waals surface area contributed by atoms with Crippen LogP contribution in [0.5, 0.6) is 11.5 Å². The number of carbonyl (C=O) groups excluding carboxylic acids is 1. The Kier molecular flexibility index (Phi) is 5.33. The van der Waals surface area contributed by atoms with Crippen LogP contribution in [0, 0.1) is 13.8 Å². The van der Waals surface area contributed by atoms with Gasteiger partial charge in [-0.3, -0.25) is 9.69 Å². The van der Waals surface area contributed by atoms with Crippen LogP contribution in [0.2, 0.25) is 0 Å². The molecule has 6 heteroatoms. The lowest BCUT2D eigenvalue weighted by molar-refractivity contribution is -0.113. The van der Waals surface area contributed by atoms with Crippen LogP contribution in [-0.4, -0.2) is 21.3 Å². The number of hydrogen-bond acceptors (Lipinski definition) is 5. The summed E-state index contributed by atoms with van der Waals surface area (Å²) in [4.78, 5) is 20.2. The number of hydrogen-bond donors (Lipinski definition) is 2. The third-order valence-electron chi connectivity index (χ3n) is 4.79. The van der Waals surface area contributed by atoms with Crippen molar-refractivity contribution in [2.45, 2.75) is 13.8 Å². The largest absolute Gasteiger partial charge is 0.504 e. The number of aromatic hydroxyl groups is 2. The second kappa shape index (κ2) is 8.08. The highest BCUT2D eigenvalue weighted by Crippen LogP contribution is 2.39. The average Bonchev–Trinajstić information content (AvgIpc) is 3.02. The molecule has 5 nitrogen and oxygen atoms in total. The van der Waals surface area contributed by atoms with Gasteiger partial charge in [0.05, 0.1) is 16.3 Å². The van der Waals surface area contributed by atoms with Crippen molar-refractivity contribution in [2.24, 2.45) is 4.99 Å². The van der Waals surface area contributed by atoms with E-state index in [0.717, 1.165) is 22.5 Å². The summed E-state index contributed by atoms with van der Waals surface area (Å²) in [6.07, 6.45) is 1.69. The van der Waals surface area contributed by atoms with Crippen molar-refractivity contribution in [2.75, 3.05) is 4.90 Å². The smallest absolute Gasteiger partial charge is 0.271 e. The van der Waals surface area contributed by atoms with Gasteiger partial charge in [-0.1, -0.05) is 42.5 Å². The van der Waals surface area contributed by atoms with E-state index in [2.05, 4.69) is 0 Å². The van der Waals surface area contributed by atoms with Crippen LogP contribution in [-0.2, 0) is 4.79 Å². The number of thioether (sulfide) groups is 1. The van der Waals surface area contributed by atoms with E-state index in [1.165, 1.54) is 23.9 Å². The maximum atomic E-state index is 13.3. The first-order valence-electron chi connectivity index (χ1n) is 9.40. The lowest BCUT2D eigenvalue weighted by Gasteiger charge is -2.18. The maximum absolute atomic E-state index is 13.3. The Labute approximate surface area is 179 Å². The lowest BCUT2D eigenvalue weighted by Crippen LogP contribution is -2.29. The fourth-order valence-electron chi connectivity index (χ4n) is 3.15. The molecule has 1 aliphatic heterocycles. The van der Waals surface area contributed by atoms with Crippen LogP contribution < -0.4 is 4.90 Å². The molecule has 0 spiro atoms. The van der Waals surface area contributed by atoms with Gasteiger partial charge in [-0.25, -0.2) is 4.99 Å². The highest BCUT2D eigenvalue weighted by Gasteiger charge is 2.35. The van der Waals surface area contributed by atoms with E-state index in [0.29, 0.717) is 15.6 Å². The summed E-state index contributed by atoms with van der Waals surface area (Å²) in [5.41, 5.74) is 4.17. The summed E-state index contributed by atoms with van der Waals surface area (Å²) >= 11 is 1.28. The Morgan fingerprint density at radius 1 is 0.900 bits per heavy atom. The first-order chi connectivity index (χ1) is 14.4. The molecule has 0 unspecified atom stereocenters. The lowest BCUT2D eigenvalue weighted by atomic mass is 10.1. The number of aliphatic imine (C=N–C) groups is 1. The molecule has 0 saturated carbocycles. The van der Waals surface area contributed by atoms with E-state index >= 15 is 0 Å². The molecule has 0 atom stereocenters. The average molecular weight is 417 g/mol. The van der Waals surface area contributed by atoms with E-state index in [-0.39, 0.29) is 17.4 Å². The monoisotopic (exact) mass is 416 g/mol. The topological polar surface area (TPSA) is 73.1 Å². The van der Waals surface area contributed by atoms with Gasteiger partial charge in [0.2, 0.25) is 0 Å². The minimum Gasteiger partial charge on any atom is -0.504 e. The fraction of sp³-hybridized carbons (Fsp3) is 0.0833. The van der Waals surface area contributed by atoms with Crippen LogP contribution in [0.15, 0.2) is 76.6 Å². The number of amides is 1. The summed E-state index contributed by atoms with van der Waals surface area (Å²) in [7, 11) is 0. The number of rotatable bonds is 3. The molecule has 0 aliphatic carbocycles. The molecule has 1 fully saturated rings. The van der Waals surface area contributed by atoms with Gasteiger partial charge in [0.1, 0.15) is 0 Å². The minimum atomic E-state index is -0.232. The number of aryl methyl sites for hydroxylation is 2. The van der Waals surface area contributed by atoms with E-state index in [9.17, 15) is 15.0 Å². The van der Waals surface area contributed by atoms with Crippen molar-refractivity contribution in [3.8, 4) is 11.5 Å². The molecule has 0 bridgehead atoms. The fourth-order valence-corrected chi connectivity index (χ4v) is 4.14. The van der Waals surface area contributed by atoms with Gasteiger partial charge in [0.25, 0.3) is 5.91 Å². The predicted molar refractivity (Wildman–Crippen MR) is 122 cm³/mol. The minimum absolute atomic E-state index is 0.186. The Morgan fingerprint density at radius 3 is 2.30 bits per heavy atom. The van der Waals surface area contributed by atoms with E-state index in [1.807, 2.05) is 62.4 Å². The molecule has 150 valence electrons. The molecule has 1 saturated heterocycles. The van der Waals surface area contributed by atoms with Crippen molar-refractivity contribution < 1.29 is 15.0 Å². The molecule has 30 heavy (non-hydrogen) atoms. The van der Waals surface area contributed by atoms with Gasteiger partial charge in [0.15, 0.2) is 16.7 Å². The van der Waals surface area contributed by atoms with Gasteiger partial charge in [0, 0.05) is 0 Å². The summed E-state index contributed by atoms with van der Waals surface area (Å²) < 4.78 is 0. The maximum Gasteiger partial charge on any atom is 0.271 e. The van der Waals surface area contributed by atoms with Gasteiger partial charge in [-0.2, -0.15) is 0 Å². The summed E-state index contributed by atoms with van der Waals surface area (Å²) in [6.45, 7) is 3.94. The predicted octanol–water partition coefficient (Wildman–Crippen LogP) is 5.52. The van der Waals surface area contributed by atoms with E-state index in [1.54, 1.807) is 17.0 Å². The number of benzene rings is 3. The van der Waals surface area contributed by atoms with Crippen molar-refractivity contribution in [1.82, 2.24) is 0 Å². The van der Waals surface area contributed by atoms with E-state index in [4.69, 9.17) is 4.99 Å². The highest BCUT2D eigenvalue weighted by atomic mass is 32.2. The van der Waals surface area contributed by atoms with Crippen LogP contribution in [0.1, 0.15) is 16.7 Å². The van der Waals surface area contributed by atoms with Gasteiger partial charge in [-0.15, -0.1) is 0 Å². The molecule has 3 aromatic rings. The van der Waals surface area contributed by atoms with Crippen molar-refractivity contribution in [3.63, 3.8) is 0 Å². The number of nitrogens with zero attached hydrogens (tertiary/aromatic N) is 2. The van der Waals surface area contributed by atoms with E-state index < -0.39 is 0 Å². The first kappa shape index (κ1) is 19.8. The molecule has 1 heterocycles. The molecular weight excluding hydrogens is 396 g/mol. The SMILES string of the molecule is Cc1ccccc1N=C1S/C(=C\c2ccc(O)c(O)c2)C(=O)N1c1ccccc1C. The zero-order valence-electron chi connectivity index (χ0n) is 16.5. The normalized spacial score (nSPS) is 16.6. The third kappa shape index (κ3) is 3.82. The third-order valence-corrected chi connectivity index (χ3v) is 5.76. The number of para-hydroxylation sites is 2. The zero-order valence-corrected chi connectivity index (χ0v) is 17.4. The number of phenolic OH excluding ortho intramolecular Hbond substituents is 2. The molecule has 1 amide bonds. The van der Waals surface area contributed by atoms with Gasteiger partial charge in [-0.05, 0) is 72.6 Å². The molecular formula is C24H20N2O3S. The highest BCUT2D eigenvalue weighted by molar-refractivity contribution is 8.19. The summed E-state index contributed by atoms with van der Waals surface area (Å²) in [6, 6.07) is 19.9. The van der Waals surface area contributed by atoms with Crippen LogP contribution in [0.25, 0.3) is 6.08 Å². The van der Waals surface area contributed by atoms with Crippen molar-refractivity contribution in [3.05, 3.63) is 88.3 Å². The summed E-state index contributed by atoms with van der Waals surface area (Å²) in [5.74, 6) is -0.621. The van der Waals surface area contributed by atoms with Gasteiger partial charge >= 0.3 is 0 Å². The number of anilines is 1. The quantitative estimate of drug-likeness (QED) is 0.435. The summed E-state index contributed by atoms with van der Waals surface area (Å²) in [5, 5.41) is 19.9. The van der Waals surface area contributed by atoms with Crippen LogP contribution in [0.4, 0.5) is 11.4 Å². The first-order valence-corrected chi connectivity index (χ1v) is 10.2.